The standard InChI is InChI=1S/C16H27N3O4/c1-10(2)6-7-12(5)17-13(20)9-19-15(22)14(21)18(16(19)23)8-11(3)4/h10-12H,6-9H2,1-5H3,(H,17,20)/t12-/m1/s1. The Bertz CT molecular complexity index is 488. The summed E-state index contributed by atoms with van der Waals surface area (Å²) in [6, 6.07) is -0.751. The minimum absolute atomic E-state index is 0.0415. The number of carbonyl (C=O) groups excluding carboxylic acids is 4. The highest BCUT2D eigenvalue weighted by Gasteiger charge is 2.45. The maximum absolute atomic E-state index is 12.1. The Balaban J connectivity index is 2.59. The van der Waals surface area contributed by atoms with Crippen molar-refractivity contribution in [2.24, 2.45) is 11.8 Å². The Morgan fingerprint density at radius 2 is 1.48 bits per heavy atom. The molecule has 0 radical (unpaired) electrons. The molecule has 0 aromatic carbocycles. The second kappa shape index (κ2) is 8.08. The number of hydrogen-bond acceptors (Lipinski definition) is 4. The summed E-state index contributed by atoms with van der Waals surface area (Å²) < 4.78 is 0. The van der Waals surface area contributed by atoms with Crippen LogP contribution in [0.5, 0.6) is 0 Å². The SMILES string of the molecule is CC(C)CC[C@@H](C)NC(=O)CN1C(=O)C(=O)N(CC(C)C)C1=O. The second-order valence-electron chi connectivity index (χ2n) is 6.92. The molecule has 0 saturated carbocycles. The predicted molar refractivity (Wildman–Crippen MR) is 85.3 cm³/mol. The molecule has 1 heterocycles. The number of nitrogens with one attached hydrogen (secondary N) is 1. The van der Waals surface area contributed by atoms with E-state index in [9.17, 15) is 19.2 Å². The van der Waals surface area contributed by atoms with E-state index in [4.69, 9.17) is 0 Å². The van der Waals surface area contributed by atoms with E-state index in [1.165, 1.54) is 0 Å². The van der Waals surface area contributed by atoms with Crippen LogP contribution in [0.3, 0.4) is 0 Å². The molecule has 0 unspecified atom stereocenters. The van der Waals surface area contributed by atoms with Crippen molar-refractivity contribution in [1.29, 1.82) is 0 Å². The molecule has 1 atom stereocenters. The van der Waals surface area contributed by atoms with E-state index >= 15 is 0 Å². The van der Waals surface area contributed by atoms with E-state index in [2.05, 4.69) is 19.2 Å². The highest BCUT2D eigenvalue weighted by Crippen LogP contribution is 2.14. The fraction of sp³-hybridized carbons (Fsp3) is 0.750. The lowest BCUT2D eigenvalue weighted by atomic mass is 10.0. The van der Waals surface area contributed by atoms with Crippen LogP contribution in [0.25, 0.3) is 0 Å². The summed E-state index contributed by atoms with van der Waals surface area (Å²) >= 11 is 0. The zero-order valence-corrected chi connectivity index (χ0v) is 14.6. The Hall–Kier alpha value is -1.92. The van der Waals surface area contributed by atoms with Crippen LogP contribution in [0, 0.1) is 11.8 Å². The van der Waals surface area contributed by atoms with E-state index in [-0.39, 0.29) is 18.5 Å². The summed E-state index contributed by atoms with van der Waals surface area (Å²) in [5, 5.41) is 2.76. The molecule has 0 aliphatic carbocycles. The van der Waals surface area contributed by atoms with Gasteiger partial charge in [0.2, 0.25) is 5.91 Å². The first-order valence-electron chi connectivity index (χ1n) is 8.10. The van der Waals surface area contributed by atoms with Gasteiger partial charge in [-0.25, -0.2) is 9.69 Å². The zero-order valence-electron chi connectivity index (χ0n) is 14.6. The van der Waals surface area contributed by atoms with E-state index < -0.39 is 30.3 Å². The van der Waals surface area contributed by atoms with Gasteiger partial charge in [0.1, 0.15) is 6.54 Å². The van der Waals surface area contributed by atoms with Crippen LogP contribution < -0.4 is 5.32 Å². The van der Waals surface area contributed by atoms with Crippen LogP contribution in [-0.4, -0.2) is 52.7 Å². The molecule has 0 aromatic heterocycles. The average molecular weight is 325 g/mol. The first-order chi connectivity index (χ1) is 10.6. The number of imide groups is 2. The number of rotatable bonds is 8. The molecule has 1 aliphatic heterocycles. The third kappa shape index (κ3) is 5.33. The maximum atomic E-state index is 12.1. The van der Waals surface area contributed by atoms with Gasteiger partial charge in [-0.15, -0.1) is 0 Å². The minimum atomic E-state index is -0.930. The third-order valence-corrected chi connectivity index (χ3v) is 3.57. The molecule has 1 aliphatic rings. The van der Waals surface area contributed by atoms with Crippen molar-refractivity contribution in [3.8, 4) is 0 Å². The summed E-state index contributed by atoms with van der Waals surface area (Å²) in [6.45, 7) is 9.53. The second-order valence-corrected chi connectivity index (χ2v) is 6.92. The first-order valence-corrected chi connectivity index (χ1v) is 8.10. The van der Waals surface area contributed by atoms with Gasteiger partial charge in [-0.2, -0.15) is 0 Å². The van der Waals surface area contributed by atoms with Crippen LogP contribution in [-0.2, 0) is 14.4 Å². The number of amides is 5. The Morgan fingerprint density at radius 3 is 2.00 bits per heavy atom. The molecule has 1 saturated heterocycles. The molecule has 0 aromatic rings. The summed E-state index contributed by atoms with van der Waals surface area (Å²) in [7, 11) is 0. The molecule has 130 valence electrons. The number of urea groups is 1. The van der Waals surface area contributed by atoms with Gasteiger partial charge >= 0.3 is 17.8 Å². The molecular formula is C16H27N3O4. The molecule has 7 heteroatoms. The first kappa shape index (κ1) is 19.1. The van der Waals surface area contributed by atoms with Gasteiger partial charge in [-0.05, 0) is 31.6 Å². The van der Waals surface area contributed by atoms with Crippen LogP contribution in [0.1, 0.15) is 47.5 Å². The summed E-state index contributed by atoms with van der Waals surface area (Å²) in [5.74, 6) is -1.62. The Labute approximate surface area is 137 Å². The van der Waals surface area contributed by atoms with E-state index in [1.807, 2.05) is 20.8 Å². The van der Waals surface area contributed by atoms with Crippen molar-refractivity contribution in [3.63, 3.8) is 0 Å². The number of carbonyl (C=O) groups is 4. The smallest absolute Gasteiger partial charge is 0.334 e. The Morgan fingerprint density at radius 1 is 0.913 bits per heavy atom. The summed E-state index contributed by atoms with van der Waals surface area (Å²) in [4.78, 5) is 49.4. The van der Waals surface area contributed by atoms with Gasteiger partial charge in [0.15, 0.2) is 0 Å². The van der Waals surface area contributed by atoms with Gasteiger partial charge in [0.25, 0.3) is 0 Å². The maximum Gasteiger partial charge on any atom is 0.334 e. The fourth-order valence-corrected chi connectivity index (χ4v) is 2.34. The highest BCUT2D eigenvalue weighted by molar-refractivity contribution is 6.45. The van der Waals surface area contributed by atoms with Gasteiger partial charge in [0, 0.05) is 12.6 Å². The van der Waals surface area contributed by atoms with Crippen molar-refractivity contribution < 1.29 is 19.2 Å². The molecule has 0 bridgehead atoms. The van der Waals surface area contributed by atoms with E-state index in [0.29, 0.717) is 5.92 Å². The quantitative estimate of drug-likeness (QED) is 0.539. The van der Waals surface area contributed by atoms with Crippen molar-refractivity contribution >= 4 is 23.8 Å². The highest BCUT2D eigenvalue weighted by atomic mass is 16.2. The molecule has 1 N–H and O–H groups in total. The third-order valence-electron chi connectivity index (χ3n) is 3.57. The van der Waals surface area contributed by atoms with Gasteiger partial charge < -0.3 is 5.32 Å². The lowest BCUT2D eigenvalue weighted by molar-refractivity contribution is -0.144. The fourth-order valence-electron chi connectivity index (χ4n) is 2.34. The Kier molecular flexibility index (Phi) is 6.72. The molecule has 0 spiro atoms. The molecule has 7 nitrogen and oxygen atoms in total. The predicted octanol–water partition coefficient (Wildman–Crippen LogP) is 1.37. The molecule has 23 heavy (non-hydrogen) atoms. The van der Waals surface area contributed by atoms with Gasteiger partial charge in [-0.3, -0.25) is 19.3 Å². The molecular weight excluding hydrogens is 298 g/mol. The van der Waals surface area contributed by atoms with E-state index in [1.54, 1.807) is 0 Å². The minimum Gasteiger partial charge on any atom is -0.352 e. The lowest BCUT2D eigenvalue weighted by Gasteiger charge is -2.19. The lowest BCUT2D eigenvalue weighted by Crippen LogP contribution is -2.44. The van der Waals surface area contributed by atoms with Crippen molar-refractivity contribution in [2.45, 2.75) is 53.5 Å². The molecule has 5 amide bonds. The summed E-state index contributed by atoms with van der Waals surface area (Å²) in [5.41, 5.74) is 0. The molecule has 1 rings (SSSR count). The van der Waals surface area contributed by atoms with E-state index in [0.717, 1.165) is 22.6 Å². The van der Waals surface area contributed by atoms with Gasteiger partial charge in [0.05, 0.1) is 0 Å². The number of nitrogens with zero attached hydrogens (tertiary/aromatic N) is 2. The van der Waals surface area contributed by atoms with Crippen LogP contribution >= 0.6 is 0 Å². The van der Waals surface area contributed by atoms with Crippen molar-refractivity contribution in [2.75, 3.05) is 13.1 Å². The largest absolute Gasteiger partial charge is 0.352 e. The van der Waals surface area contributed by atoms with Crippen LogP contribution in [0.2, 0.25) is 0 Å². The van der Waals surface area contributed by atoms with Crippen molar-refractivity contribution in [3.05, 3.63) is 0 Å². The normalized spacial score (nSPS) is 16.7. The van der Waals surface area contributed by atoms with Crippen LogP contribution in [0.4, 0.5) is 4.79 Å². The monoisotopic (exact) mass is 325 g/mol. The molecule has 1 fully saturated rings. The van der Waals surface area contributed by atoms with Gasteiger partial charge in [-0.1, -0.05) is 27.7 Å². The topological polar surface area (TPSA) is 86.8 Å². The van der Waals surface area contributed by atoms with Crippen LogP contribution in [0.15, 0.2) is 0 Å². The summed E-state index contributed by atoms with van der Waals surface area (Å²) in [6.07, 6.45) is 1.80. The zero-order chi connectivity index (χ0) is 17.7. The van der Waals surface area contributed by atoms with Crippen molar-refractivity contribution in [1.82, 2.24) is 15.1 Å². The number of hydrogen-bond donors (Lipinski definition) is 1. The average Bonchev–Trinajstić information content (AvgIpc) is 2.62.